The molecule has 1 heterocycles. The van der Waals surface area contributed by atoms with Gasteiger partial charge >= 0.3 is 0 Å². The van der Waals surface area contributed by atoms with Crippen molar-refractivity contribution in [1.29, 1.82) is 5.26 Å². The summed E-state index contributed by atoms with van der Waals surface area (Å²) in [6.45, 7) is 6.74. The predicted molar refractivity (Wildman–Crippen MR) is 64.9 cm³/mol. The molecular weight excluding hydrogens is 218 g/mol. The summed E-state index contributed by atoms with van der Waals surface area (Å²) in [5, 5.41) is 18.5. The van der Waals surface area contributed by atoms with Crippen molar-refractivity contribution in [3.63, 3.8) is 0 Å². The van der Waals surface area contributed by atoms with Gasteiger partial charge in [-0.2, -0.15) is 5.26 Å². The van der Waals surface area contributed by atoms with Gasteiger partial charge < -0.3 is 15.6 Å². The zero-order valence-corrected chi connectivity index (χ0v) is 10.5. The fraction of sp³-hybridized carbons (Fsp3) is 0.500. The highest BCUT2D eigenvalue weighted by Gasteiger charge is 2.31. The van der Waals surface area contributed by atoms with Crippen LogP contribution in [-0.2, 0) is 4.74 Å². The van der Waals surface area contributed by atoms with E-state index >= 15 is 0 Å². The second kappa shape index (κ2) is 4.22. The molecule has 17 heavy (non-hydrogen) atoms. The van der Waals surface area contributed by atoms with Crippen LogP contribution in [0.4, 0.5) is 0 Å². The molecule has 0 aromatic rings. The van der Waals surface area contributed by atoms with E-state index in [2.05, 4.69) is 4.99 Å². The number of nitrogens with two attached hydrogens (primary N) is 1. The van der Waals surface area contributed by atoms with Crippen LogP contribution in [-0.4, -0.2) is 22.2 Å². The van der Waals surface area contributed by atoms with Gasteiger partial charge in [0, 0.05) is 12.2 Å². The first-order chi connectivity index (χ1) is 7.66. The highest BCUT2D eigenvalue weighted by molar-refractivity contribution is 5.92. The molecule has 0 aromatic heterocycles. The largest absolute Gasteiger partial charge is 0.465 e. The summed E-state index contributed by atoms with van der Waals surface area (Å²) < 4.78 is 5.50. The number of hydrogen-bond acceptors (Lipinski definition) is 5. The van der Waals surface area contributed by atoms with Gasteiger partial charge in [0.05, 0.1) is 17.5 Å². The third kappa shape index (κ3) is 3.08. The van der Waals surface area contributed by atoms with Crippen molar-refractivity contribution in [3.05, 3.63) is 23.5 Å². The Bertz CT molecular complexity index is 445. The molecule has 1 aliphatic rings. The molecule has 0 radical (unpaired) electrons. The van der Waals surface area contributed by atoms with Crippen LogP contribution >= 0.6 is 0 Å². The molecule has 92 valence electrons. The van der Waals surface area contributed by atoms with Crippen LogP contribution in [0.1, 0.15) is 27.7 Å². The Balaban J connectivity index is 3.07. The fourth-order valence-corrected chi connectivity index (χ4v) is 1.24. The summed E-state index contributed by atoms with van der Waals surface area (Å²) >= 11 is 0. The number of nitriles is 1. The second-order valence-electron chi connectivity index (χ2n) is 4.88. The fourth-order valence-electron chi connectivity index (χ4n) is 1.24. The summed E-state index contributed by atoms with van der Waals surface area (Å²) in [6.07, 6.45) is 2.78. The van der Waals surface area contributed by atoms with Gasteiger partial charge in [-0.1, -0.05) is 0 Å². The zero-order chi connectivity index (χ0) is 13.3. The lowest BCUT2D eigenvalue weighted by molar-refractivity contribution is 0.115. The summed E-state index contributed by atoms with van der Waals surface area (Å²) in [4.78, 5) is 4.11. The summed E-state index contributed by atoms with van der Waals surface area (Å²) in [5.74, 6) is 0.302. The van der Waals surface area contributed by atoms with Gasteiger partial charge in [-0.3, -0.25) is 0 Å². The number of allylic oxidation sites excluding steroid dienone is 1. The molecule has 0 aliphatic carbocycles. The number of ether oxygens (including phenoxy) is 1. The Hall–Kier alpha value is -1.80. The highest BCUT2D eigenvalue weighted by atomic mass is 16.5. The summed E-state index contributed by atoms with van der Waals surface area (Å²) in [5.41, 5.74) is 4.75. The standard InChI is InChI=1S/C12H17N3O2/c1-11(2,16)9(5-6-13)15-10-7-8(14)12(3,4)17-10/h5,7,16H,14H2,1-4H3/b9-5+,15-10?. The van der Waals surface area contributed by atoms with E-state index in [1.54, 1.807) is 19.9 Å². The quantitative estimate of drug-likeness (QED) is 0.704. The summed E-state index contributed by atoms with van der Waals surface area (Å²) in [6, 6.07) is 1.84. The molecule has 0 saturated heterocycles. The number of rotatable bonds is 2. The average Bonchev–Trinajstić information content (AvgIpc) is 2.38. The molecule has 0 unspecified atom stereocenters. The van der Waals surface area contributed by atoms with Gasteiger partial charge in [0.15, 0.2) is 0 Å². The van der Waals surface area contributed by atoms with Gasteiger partial charge in [0.1, 0.15) is 11.2 Å². The molecule has 1 aliphatic heterocycles. The van der Waals surface area contributed by atoms with Gasteiger partial charge in [0.2, 0.25) is 5.90 Å². The number of nitrogens with zero attached hydrogens (tertiary/aromatic N) is 2. The second-order valence-corrected chi connectivity index (χ2v) is 4.88. The minimum Gasteiger partial charge on any atom is -0.465 e. The number of aliphatic hydroxyl groups is 1. The van der Waals surface area contributed by atoms with E-state index in [0.29, 0.717) is 11.6 Å². The average molecular weight is 235 g/mol. The van der Waals surface area contributed by atoms with E-state index in [4.69, 9.17) is 15.7 Å². The van der Waals surface area contributed by atoms with E-state index in [1.165, 1.54) is 6.08 Å². The van der Waals surface area contributed by atoms with Crippen molar-refractivity contribution >= 4 is 5.90 Å². The number of hydrogen-bond donors (Lipinski definition) is 2. The lowest BCUT2D eigenvalue weighted by Gasteiger charge is -2.21. The Morgan fingerprint density at radius 3 is 2.59 bits per heavy atom. The van der Waals surface area contributed by atoms with Crippen LogP contribution in [0.25, 0.3) is 0 Å². The van der Waals surface area contributed by atoms with E-state index in [0.717, 1.165) is 0 Å². The minimum atomic E-state index is -1.21. The summed E-state index contributed by atoms with van der Waals surface area (Å²) in [7, 11) is 0. The molecule has 0 fully saturated rings. The molecule has 0 amide bonds. The molecule has 0 aromatic carbocycles. The van der Waals surface area contributed by atoms with Crippen molar-refractivity contribution < 1.29 is 9.84 Å². The molecular formula is C12H17N3O2. The van der Waals surface area contributed by atoms with Crippen molar-refractivity contribution in [2.24, 2.45) is 10.7 Å². The highest BCUT2D eigenvalue weighted by Crippen LogP contribution is 2.26. The molecule has 0 atom stereocenters. The van der Waals surface area contributed by atoms with Gasteiger partial charge in [-0.25, -0.2) is 4.99 Å². The van der Waals surface area contributed by atoms with E-state index in [9.17, 15) is 5.11 Å². The smallest absolute Gasteiger partial charge is 0.216 e. The molecule has 0 bridgehead atoms. The van der Waals surface area contributed by atoms with Crippen LogP contribution in [0.2, 0.25) is 0 Å². The Morgan fingerprint density at radius 1 is 1.65 bits per heavy atom. The predicted octanol–water partition coefficient (Wildman–Crippen LogP) is 1.21. The van der Waals surface area contributed by atoms with Gasteiger partial charge in [0.25, 0.3) is 0 Å². The van der Waals surface area contributed by atoms with Crippen molar-refractivity contribution in [3.8, 4) is 6.07 Å². The third-order valence-corrected chi connectivity index (χ3v) is 2.39. The third-order valence-electron chi connectivity index (χ3n) is 2.39. The van der Waals surface area contributed by atoms with Gasteiger partial charge in [-0.15, -0.1) is 0 Å². The molecule has 0 saturated carbocycles. The lowest BCUT2D eigenvalue weighted by atomic mass is 10.1. The maximum absolute atomic E-state index is 9.83. The Morgan fingerprint density at radius 2 is 2.24 bits per heavy atom. The molecule has 3 N–H and O–H groups in total. The van der Waals surface area contributed by atoms with Crippen LogP contribution in [0, 0.1) is 11.3 Å². The van der Waals surface area contributed by atoms with E-state index in [-0.39, 0.29) is 5.70 Å². The Labute approximate surface area is 101 Å². The molecule has 0 spiro atoms. The topological polar surface area (TPSA) is 91.6 Å². The van der Waals surface area contributed by atoms with Crippen molar-refractivity contribution in [2.45, 2.75) is 38.9 Å². The first-order valence-corrected chi connectivity index (χ1v) is 5.25. The maximum Gasteiger partial charge on any atom is 0.216 e. The van der Waals surface area contributed by atoms with Crippen LogP contribution < -0.4 is 5.73 Å². The van der Waals surface area contributed by atoms with Crippen LogP contribution in [0.3, 0.4) is 0 Å². The molecule has 5 heteroatoms. The zero-order valence-electron chi connectivity index (χ0n) is 10.5. The monoisotopic (exact) mass is 235 g/mol. The van der Waals surface area contributed by atoms with Crippen molar-refractivity contribution in [1.82, 2.24) is 0 Å². The maximum atomic E-state index is 9.83. The van der Waals surface area contributed by atoms with Crippen LogP contribution in [0.5, 0.6) is 0 Å². The molecule has 5 nitrogen and oxygen atoms in total. The van der Waals surface area contributed by atoms with E-state index < -0.39 is 11.2 Å². The lowest BCUT2D eigenvalue weighted by Crippen LogP contribution is -2.27. The van der Waals surface area contributed by atoms with E-state index in [1.807, 2.05) is 19.9 Å². The SMILES string of the molecule is CC1(C)OC(=N/C(=C/C#N)C(C)(C)O)C=C1N. The first kappa shape index (κ1) is 13.3. The first-order valence-electron chi connectivity index (χ1n) is 5.25. The normalized spacial score (nSPS) is 22.0. The minimum absolute atomic E-state index is 0.233. The van der Waals surface area contributed by atoms with Gasteiger partial charge in [-0.05, 0) is 27.7 Å². The Kier molecular flexibility index (Phi) is 3.30. The number of aliphatic imine (C=N–C) groups is 1. The van der Waals surface area contributed by atoms with Crippen LogP contribution in [0.15, 0.2) is 28.5 Å². The molecule has 1 rings (SSSR count). The van der Waals surface area contributed by atoms with Crippen molar-refractivity contribution in [2.75, 3.05) is 0 Å².